The number of pyridine rings is 1. The van der Waals surface area contributed by atoms with Crippen LogP contribution in [0, 0.1) is 6.92 Å². The topological polar surface area (TPSA) is 65.7 Å². The first kappa shape index (κ1) is 18.2. The van der Waals surface area contributed by atoms with Gasteiger partial charge in [-0.05, 0) is 35.0 Å². The van der Waals surface area contributed by atoms with Gasteiger partial charge in [-0.1, -0.05) is 19.6 Å². The Kier molecular flexibility index (Phi) is 5.31. The highest BCUT2D eigenvalue weighted by atomic mass is 79.9. The summed E-state index contributed by atoms with van der Waals surface area (Å²) in [5.74, 6) is 0.743. The van der Waals surface area contributed by atoms with Crippen molar-refractivity contribution in [1.82, 2.24) is 24.7 Å². The van der Waals surface area contributed by atoms with Crippen LogP contribution in [0.25, 0.3) is 22.2 Å². The zero-order valence-corrected chi connectivity index (χ0v) is 17.5. The van der Waals surface area contributed by atoms with E-state index >= 15 is 0 Å². The second kappa shape index (κ2) is 7.31. The van der Waals surface area contributed by atoms with Gasteiger partial charge in [-0.3, -0.25) is 0 Å². The molecule has 0 saturated heterocycles. The molecule has 0 bridgehead atoms. The van der Waals surface area contributed by atoms with E-state index in [-0.39, 0.29) is 0 Å². The lowest BCUT2D eigenvalue weighted by Gasteiger charge is -2.15. The number of ether oxygens (including phenoxy) is 1. The molecular formula is C17H22BrN5OSi. The van der Waals surface area contributed by atoms with E-state index in [1.165, 1.54) is 0 Å². The van der Waals surface area contributed by atoms with Crippen molar-refractivity contribution in [3.8, 4) is 11.3 Å². The number of halogens is 1. The minimum absolute atomic E-state index is 0.432. The van der Waals surface area contributed by atoms with Gasteiger partial charge in [0.05, 0.1) is 11.9 Å². The Morgan fingerprint density at radius 1 is 1.16 bits per heavy atom. The largest absolute Gasteiger partial charge is 0.360 e. The minimum atomic E-state index is -1.08. The van der Waals surface area contributed by atoms with Crippen LogP contribution >= 0.6 is 15.9 Å². The SMILES string of the molecule is Cc1ncc(-c2cc3cnn(COCC[Si](C)(C)C)c3c(Br)n2)cn1. The maximum absolute atomic E-state index is 5.81. The summed E-state index contributed by atoms with van der Waals surface area (Å²) >= 11 is 3.57. The number of aromatic nitrogens is 5. The van der Waals surface area contributed by atoms with Crippen LogP contribution in [0.4, 0.5) is 0 Å². The number of hydrogen-bond acceptors (Lipinski definition) is 5. The van der Waals surface area contributed by atoms with Crippen molar-refractivity contribution in [2.45, 2.75) is 39.3 Å². The molecule has 0 amide bonds. The molecule has 3 aromatic rings. The summed E-state index contributed by atoms with van der Waals surface area (Å²) in [4.78, 5) is 13.1. The highest BCUT2D eigenvalue weighted by molar-refractivity contribution is 9.10. The Labute approximate surface area is 156 Å². The standard InChI is InChI=1S/C17H22BrN5OSi/c1-12-19-8-14(9-20-12)15-7-13-10-21-23(16(13)17(18)22-15)11-24-5-6-25(2,3)4/h7-10H,5-6,11H2,1-4H3. The van der Waals surface area contributed by atoms with Gasteiger partial charge in [0.15, 0.2) is 0 Å². The van der Waals surface area contributed by atoms with Crippen LogP contribution in [0.3, 0.4) is 0 Å². The molecule has 0 aliphatic heterocycles. The third-order valence-electron chi connectivity index (χ3n) is 3.86. The smallest absolute Gasteiger partial charge is 0.140 e. The highest BCUT2D eigenvalue weighted by Crippen LogP contribution is 2.27. The Balaban J connectivity index is 1.80. The van der Waals surface area contributed by atoms with Crippen molar-refractivity contribution in [3.05, 3.63) is 35.1 Å². The van der Waals surface area contributed by atoms with Crippen molar-refractivity contribution < 1.29 is 4.74 Å². The Morgan fingerprint density at radius 3 is 2.56 bits per heavy atom. The molecule has 0 aliphatic rings. The molecule has 3 heterocycles. The van der Waals surface area contributed by atoms with Crippen LogP contribution < -0.4 is 0 Å². The zero-order chi connectivity index (χ0) is 18.0. The van der Waals surface area contributed by atoms with E-state index < -0.39 is 8.07 Å². The van der Waals surface area contributed by atoms with Crippen molar-refractivity contribution in [2.75, 3.05) is 6.61 Å². The van der Waals surface area contributed by atoms with E-state index in [0.717, 1.165) is 45.2 Å². The van der Waals surface area contributed by atoms with Gasteiger partial charge < -0.3 is 4.74 Å². The van der Waals surface area contributed by atoms with Crippen LogP contribution in [0.2, 0.25) is 25.7 Å². The molecule has 0 unspecified atom stereocenters. The van der Waals surface area contributed by atoms with E-state index in [2.05, 4.69) is 55.6 Å². The molecule has 0 N–H and O–H groups in total. The third kappa shape index (κ3) is 4.50. The summed E-state index contributed by atoms with van der Waals surface area (Å²) in [6.07, 6.45) is 5.40. The highest BCUT2D eigenvalue weighted by Gasteiger charge is 2.14. The Morgan fingerprint density at radius 2 is 1.88 bits per heavy atom. The molecule has 132 valence electrons. The van der Waals surface area contributed by atoms with Gasteiger partial charge in [-0.25, -0.2) is 19.6 Å². The van der Waals surface area contributed by atoms with Gasteiger partial charge in [0.1, 0.15) is 22.7 Å². The van der Waals surface area contributed by atoms with E-state index in [1.54, 1.807) is 12.4 Å². The monoisotopic (exact) mass is 419 g/mol. The van der Waals surface area contributed by atoms with Crippen molar-refractivity contribution in [2.24, 2.45) is 0 Å². The molecule has 0 aliphatic carbocycles. The van der Waals surface area contributed by atoms with Gasteiger partial charge >= 0.3 is 0 Å². The maximum Gasteiger partial charge on any atom is 0.140 e. The molecule has 3 rings (SSSR count). The summed E-state index contributed by atoms with van der Waals surface area (Å²) in [5, 5.41) is 5.45. The molecule has 0 spiro atoms. The molecule has 6 nitrogen and oxygen atoms in total. The van der Waals surface area contributed by atoms with Crippen LogP contribution in [0.15, 0.2) is 29.3 Å². The lowest BCUT2D eigenvalue weighted by Crippen LogP contribution is -2.22. The van der Waals surface area contributed by atoms with Gasteiger partial charge in [0.2, 0.25) is 0 Å². The summed E-state index contributed by atoms with van der Waals surface area (Å²) in [7, 11) is -1.08. The lowest BCUT2D eigenvalue weighted by molar-refractivity contribution is 0.0816. The van der Waals surface area contributed by atoms with Crippen LogP contribution in [0.1, 0.15) is 5.82 Å². The second-order valence-electron chi connectivity index (χ2n) is 7.25. The normalized spacial score (nSPS) is 12.0. The van der Waals surface area contributed by atoms with Gasteiger partial charge in [-0.2, -0.15) is 5.10 Å². The number of fused-ring (bicyclic) bond motifs is 1. The lowest BCUT2D eigenvalue weighted by atomic mass is 10.2. The fourth-order valence-electron chi connectivity index (χ4n) is 2.37. The first-order chi connectivity index (χ1) is 11.8. The van der Waals surface area contributed by atoms with E-state index in [4.69, 9.17) is 4.74 Å². The first-order valence-electron chi connectivity index (χ1n) is 8.22. The maximum atomic E-state index is 5.81. The number of hydrogen-bond donors (Lipinski definition) is 0. The summed E-state index contributed by atoms with van der Waals surface area (Å²) in [6, 6.07) is 3.14. The first-order valence-corrected chi connectivity index (χ1v) is 12.7. The van der Waals surface area contributed by atoms with Crippen molar-refractivity contribution >= 4 is 34.9 Å². The molecule has 0 fully saturated rings. The van der Waals surface area contributed by atoms with Crippen molar-refractivity contribution in [3.63, 3.8) is 0 Å². The van der Waals surface area contributed by atoms with Crippen LogP contribution in [-0.2, 0) is 11.5 Å². The number of nitrogens with zero attached hydrogens (tertiary/aromatic N) is 5. The summed E-state index contributed by atoms with van der Waals surface area (Å²) in [5.41, 5.74) is 2.63. The molecule has 0 atom stereocenters. The summed E-state index contributed by atoms with van der Waals surface area (Å²) < 4.78 is 8.39. The average Bonchev–Trinajstić information content (AvgIpc) is 2.95. The Bertz CT molecular complexity index is 873. The molecule has 0 saturated carbocycles. The fraction of sp³-hybridized carbons (Fsp3) is 0.412. The van der Waals surface area contributed by atoms with E-state index in [0.29, 0.717) is 6.73 Å². The van der Waals surface area contributed by atoms with Crippen LogP contribution in [-0.4, -0.2) is 39.4 Å². The van der Waals surface area contributed by atoms with Gasteiger partial charge in [0.25, 0.3) is 0 Å². The molecule has 3 aromatic heterocycles. The molecule has 0 aromatic carbocycles. The average molecular weight is 420 g/mol. The Hall–Kier alpha value is -1.64. The van der Waals surface area contributed by atoms with E-state index in [9.17, 15) is 0 Å². The molecule has 25 heavy (non-hydrogen) atoms. The minimum Gasteiger partial charge on any atom is -0.360 e. The zero-order valence-electron chi connectivity index (χ0n) is 15.0. The fourth-order valence-corrected chi connectivity index (χ4v) is 3.75. The summed E-state index contributed by atoms with van der Waals surface area (Å²) in [6.45, 7) is 10.1. The predicted octanol–water partition coefficient (Wildman–Crippen LogP) is 4.27. The second-order valence-corrected chi connectivity index (χ2v) is 13.6. The predicted molar refractivity (Wildman–Crippen MR) is 105 cm³/mol. The molecule has 8 heteroatoms. The molecule has 0 radical (unpaired) electrons. The van der Waals surface area contributed by atoms with E-state index in [1.807, 2.05) is 23.9 Å². The number of aryl methyl sites for hydroxylation is 1. The quantitative estimate of drug-likeness (QED) is 0.339. The van der Waals surface area contributed by atoms with Crippen molar-refractivity contribution in [1.29, 1.82) is 0 Å². The van der Waals surface area contributed by atoms with Gasteiger partial charge in [-0.15, -0.1) is 0 Å². The molecular weight excluding hydrogens is 398 g/mol. The van der Waals surface area contributed by atoms with Crippen LogP contribution in [0.5, 0.6) is 0 Å². The third-order valence-corrected chi connectivity index (χ3v) is 6.12. The number of rotatable bonds is 6. The van der Waals surface area contributed by atoms with Gasteiger partial charge in [0, 0.05) is 38.0 Å².